The summed E-state index contributed by atoms with van der Waals surface area (Å²) in [5.74, 6) is 4.53. The number of rotatable bonds is 4. The molecule has 5 heterocycles. The van der Waals surface area contributed by atoms with Crippen molar-refractivity contribution in [3.05, 3.63) is 47.9 Å². The molecule has 0 aromatic carbocycles. The van der Waals surface area contributed by atoms with Gasteiger partial charge in [-0.3, -0.25) is 4.98 Å². The monoisotopic (exact) mass is 375 g/mol. The lowest BCUT2D eigenvalue weighted by Gasteiger charge is -2.33. The van der Waals surface area contributed by atoms with Crippen molar-refractivity contribution in [3.8, 4) is 11.4 Å². The van der Waals surface area contributed by atoms with Crippen LogP contribution in [-0.4, -0.2) is 42.8 Å². The second-order valence-electron chi connectivity index (χ2n) is 7.65. The zero-order valence-electron chi connectivity index (χ0n) is 16.3. The van der Waals surface area contributed by atoms with Gasteiger partial charge in [0.15, 0.2) is 5.82 Å². The molecule has 5 rings (SSSR count). The SMILES string of the molecule is CCc1cc(N2CCCC(c3nnc4n3CCC4)C2)nc(-c2ccncc2)n1. The summed E-state index contributed by atoms with van der Waals surface area (Å²) in [6.07, 6.45) is 9.03. The number of hydrogen-bond donors (Lipinski definition) is 0. The topological polar surface area (TPSA) is 72.6 Å². The summed E-state index contributed by atoms with van der Waals surface area (Å²) in [4.78, 5) is 16.2. The predicted molar refractivity (Wildman–Crippen MR) is 107 cm³/mol. The zero-order chi connectivity index (χ0) is 18.9. The highest BCUT2D eigenvalue weighted by atomic mass is 15.3. The summed E-state index contributed by atoms with van der Waals surface area (Å²) in [6, 6.07) is 6.08. The van der Waals surface area contributed by atoms with Crippen LogP contribution in [0, 0.1) is 0 Å². The minimum absolute atomic E-state index is 0.414. The molecule has 1 fully saturated rings. The minimum Gasteiger partial charge on any atom is -0.356 e. The Hall–Kier alpha value is -2.83. The molecule has 2 aliphatic rings. The normalized spacial score (nSPS) is 19.0. The fourth-order valence-corrected chi connectivity index (χ4v) is 4.33. The third-order valence-corrected chi connectivity index (χ3v) is 5.82. The molecule has 0 aliphatic carbocycles. The third-order valence-electron chi connectivity index (χ3n) is 5.82. The molecule has 0 saturated carbocycles. The molecule has 1 atom stereocenters. The van der Waals surface area contributed by atoms with Crippen molar-refractivity contribution in [3.63, 3.8) is 0 Å². The Labute approximate surface area is 164 Å². The van der Waals surface area contributed by atoms with Crippen LogP contribution < -0.4 is 4.90 Å². The fourth-order valence-electron chi connectivity index (χ4n) is 4.33. The molecule has 7 nitrogen and oxygen atoms in total. The van der Waals surface area contributed by atoms with Gasteiger partial charge in [0.1, 0.15) is 17.5 Å². The quantitative estimate of drug-likeness (QED) is 0.698. The number of aromatic nitrogens is 6. The summed E-state index contributed by atoms with van der Waals surface area (Å²) >= 11 is 0. The maximum atomic E-state index is 4.91. The molecule has 3 aromatic rings. The van der Waals surface area contributed by atoms with Gasteiger partial charge >= 0.3 is 0 Å². The highest BCUT2D eigenvalue weighted by Gasteiger charge is 2.29. The Morgan fingerprint density at radius 1 is 1.07 bits per heavy atom. The Balaban J connectivity index is 1.45. The van der Waals surface area contributed by atoms with E-state index in [-0.39, 0.29) is 0 Å². The predicted octanol–water partition coefficient (Wildman–Crippen LogP) is 3.02. The second-order valence-corrected chi connectivity index (χ2v) is 7.65. The Morgan fingerprint density at radius 2 is 1.96 bits per heavy atom. The van der Waals surface area contributed by atoms with Gasteiger partial charge in [0.25, 0.3) is 0 Å². The number of fused-ring (bicyclic) bond motifs is 1. The van der Waals surface area contributed by atoms with Crippen LogP contribution in [0.1, 0.15) is 49.4 Å². The second kappa shape index (κ2) is 7.30. The van der Waals surface area contributed by atoms with Crippen molar-refractivity contribution in [1.82, 2.24) is 29.7 Å². The van der Waals surface area contributed by atoms with Crippen molar-refractivity contribution < 1.29 is 0 Å². The van der Waals surface area contributed by atoms with E-state index in [1.165, 1.54) is 6.42 Å². The first-order valence-corrected chi connectivity index (χ1v) is 10.3. The number of nitrogens with zero attached hydrogens (tertiary/aromatic N) is 7. The van der Waals surface area contributed by atoms with Crippen LogP contribution in [0.15, 0.2) is 30.6 Å². The molecule has 144 valence electrons. The van der Waals surface area contributed by atoms with Gasteiger partial charge in [0, 0.05) is 61.7 Å². The summed E-state index contributed by atoms with van der Waals surface area (Å²) < 4.78 is 2.34. The van der Waals surface area contributed by atoms with Gasteiger partial charge in [-0.2, -0.15) is 0 Å². The van der Waals surface area contributed by atoms with Crippen LogP contribution >= 0.6 is 0 Å². The molecule has 0 bridgehead atoms. The lowest BCUT2D eigenvalue weighted by Crippen LogP contribution is -2.36. The molecule has 0 spiro atoms. The lowest BCUT2D eigenvalue weighted by molar-refractivity contribution is 0.471. The highest BCUT2D eigenvalue weighted by Crippen LogP contribution is 2.31. The smallest absolute Gasteiger partial charge is 0.161 e. The van der Waals surface area contributed by atoms with E-state index in [1.807, 2.05) is 12.1 Å². The van der Waals surface area contributed by atoms with Gasteiger partial charge in [-0.1, -0.05) is 6.92 Å². The first-order chi connectivity index (χ1) is 13.8. The molecule has 0 N–H and O–H groups in total. The molecule has 3 aromatic heterocycles. The van der Waals surface area contributed by atoms with E-state index in [0.717, 1.165) is 79.9 Å². The van der Waals surface area contributed by atoms with Crippen LogP contribution in [0.2, 0.25) is 0 Å². The molecule has 1 unspecified atom stereocenters. The van der Waals surface area contributed by atoms with Crippen LogP contribution in [0.25, 0.3) is 11.4 Å². The van der Waals surface area contributed by atoms with Gasteiger partial charge in [-0.05, 0) is 37.8 Å². The maximum Gasteiger partial charge on any atom is 0.161 e. The van der Waals surface area contributed by atoms with Crippen molar-refractivity contribution in [2.75, 3.05) is 18.0 Å². The molecule has 28 heavy (non-hydrogen) atoms. The van der Waals surface area contributed by atoms with Crippen LogP contribution in [-0.2, 0) is 19.4 Å². The minimum atomic E-state index is 0.414. The first-order valence-electron chi connectivity index (χ1n) is 10.3. The Kier molecular flexibility index (Phi) is 4.50. The van der Waals surface area contributed by atoms with Crippen LogP contribution in [0.5, 0.6) is 0 Å². The average Bonchev–Trinajstić information content (AvgIpc) is 3.38. The van der Waals surface area contributed by atoms with E-state index >= 15 is 0 Å². The van der Waals surface area contributed by atoms with E-state index in [4.69, 9.17) is 9.97 Å². The highest BCUT2D eigenvalue weighted by molar-refractivity contribution is 5.57. The van der Waals surface area contributed by atoms with Crippen molar-refractivity contribution in [1.29, 1.82) is 0 Å². The van der Waals surface area contributed by atoms with Crippen molar-refractivity contribution >= 4 is 5.82 Å². The molecule has 0 radical (unpaired) electrons. The fraction of sp³-hybridized carbons (Fsp3) is 0.476. The average molecular weight is 375 g/mol. The van der Waals surface area contributed by atoms with Crippen molar-refractivity contribution in [2.24, 2.45) is 0 Å². The summed E-state index contributed by atoms with van der Waals surface area (Å²) in [6.45, 7) is 5.16. The molecular formula is C21H25N7. The molecular weight excluding hydrogens is 350 g/mol. The first kappa shape index (κ1) is 17.3. The van der Waals surface area contributed by atoms with E-state index in [1.54, 1.807) is 12.4 Å². The van der Waals surface area contributed by atoms with Crippen LogP contribution in [0.4, 0.5) is 5.82 Å². The van der Waals surface area contributed by atoms with E-state index in [0.29, 0.717) is 5.92 Å². The molecule has 2 aliphatic heterocycles. The lowest BCUT2D eigenvalue weighted by atomic mass is 9.97. The number of anilines is 1. The number of hydrogen-bond acceptors (Lipinski definition) is 6. The van der Waals surface area contributed by atoms with Gasteiger partial charge in [-0.15, -0.1) is 10.2 Å². The zero-order valence-corrected chi connectivity index (χ0v) is 16.3. The van der Waals surface area contributed by atoms with Gasteiger partial charge in [-0.25, -0.2) is 9.97 Å². The van der Waals surface area contributed by atoms with Crippen molar-refractivity contribution in [2.45, 2.75) is 51.5 Å². The molecule has 7 heteroatoms. The number of aryl methyl sites for hydroxylation is 2. The number of piperidine rings is 1. The maximum absolute atomic E-state index is 4.91. The van der Waals surface area contributed by atoms with E-state index in [9.17, 15) is 0 Å². The number of pyridine rings is 1. The third kappa shape index (κ3) is 3.15. The largest absolute Gasteiger partial charge is 0.356 e. The molecule has 1 saturated heterocycles. The molecule has 0 amide bonds. The van der Waals surface area contributed by atoms with Gasteiger partial charge in [0.05, 0.1) is 0 Å². The van der Waals surface area contributed by atoms with E-state index in [2.05, 4.69) is 37.6 Å². The van der Waals surface area contributed by atoms with Crippen LogP contribution in [0.3, 0.4) is 0 Å². The Morgan fingerprint density at radius 3 is 2.82 bits per heavy atom. The van der Waals surface area contributed by atoms with Gasteiger partial charge in [0.2, 0.25) is 0 Å². The van der Waals surface area contributed by atoms with Gasteiger partial charge < -0.3 is 9.47 Å². The summed E-state index contributed by atoms with van der Waals surface area (Å²) in [5, 5.41) is 8.95. The van der Waals surface area contributed by atoms with E-state index < -0.39 is 0 Å². The Bertz CT molecular complexity index is 966. The standard InChI is InChI=1S/C21H25N7/c1-2-17-13-19(24-20(23-17)15-7-9-22-10-8-15)27-11-3-5-16(14-27)21-26-25-18-6-4-12-28(18)21/h7-10,13,16H,2-6,11-12,14H2,1H3. The summed E-state index contributed by atoms with van der Waals surface area (Å²) in [5.41, 5.74) is 2.08. The summed E-state index contributed by atoms with van der Waals surface area (Å²) in [7, 11) is 0.